The van der Waals surface area contributed by atoms with Crippen LogP contribution >= 0.6 is 0 Å². The number of piperidine rings is 1. The topological polar surface area (TPSA) is 47.6 Å². The fourth-order valence-electron chi connectivity index (χ4n) is 3.33. The average Bonchev–Trinajstić information content (AvgIpc) is 2.69. The third kappa shape index (κ3) is 5.64. The highest BCUT2D eigenvalue weighted by Gasteiger charge is 2.11. The van der Waals surface area contributed by atoms with E-state index in [4.69, 9.17) is 0 Å². The molecule has 2 N–H and O–H groups in total. The van der Waals surface area contributed by atoms with Crippen molar-refractivity contribution >= 4 is 28.7 Å². The summed E-state index contributed by atoms with van der Waals surface area (Å²) >= 11 is 0. The predicted octanol–water partition coefficient (Wildman–Crippen LogP) is 4.18. The van der Waals surface area contributed by atoms with Gasteiger partial charge in [0.05, 0.1) is 0 Å². The summed E-state index contributed by atoms with van der Waals surface area (Å²) in [6, 6.07) is 16.4. The summed E-state index contributed by atoms with van der Waals surface area (Å²) in [5.41, 5.74) is 4.29. The zero-order valence-electron chi connectivity index (χ0n) is 16.4. The van der Waals surface area contributed by atoms with Gasteiger partial charge in [-0.3, -0.25) is 4.79 Å². The molecule has 27 heavy (non-hydrogen) atoms. The molecule has 1 aliphatic rings. The van der Waals surface area contributed by atoms with Gasteiger partial charge in [-0.25, -0.2) is 0 Å². The summed E-state index contributed by atoms with van der Waals surface area (Å²) in [7, 11) is 4.04. The summed E-state index contributed by atoms with van der Waals surface area (Å²) in [4.78, 5) is 16.6. The lowest BCUT2D eigenvalue weighted by Gasteiger charge is -2.28. The van der Waals surface area contributed by atoms with Gasteiger partial charge in [0.25, 0.3) is 0 Å². The molecule has 0 aliphatic carbocycles. The molecule has 5 heteroatoms. The van der Waals surface area contributed by atoms with Crippen molar-refractivity contribution in [2.45, 2.75) is 25.7 Å². The lowest BCUT2D eigenvalue weighted by Crippen LogP contribution is -2.29. The highest BCUT2D eigenvalue weighted by Crippen LogP contribution is 2.22. The van der Waals surface area contributed by atoms with Gasteiger partial charge in [0, 0.05) is 62.9 Å². The highest BCUT2D eigenvalue weighted by atomic mass is 16.1. The molecule has 0 spiro atoms. The van der Waals surface area contributed by atoms with Crippen molar-refractivity contribution in [2.75, 3.05) is 54.2 Å². The number of rotatable bonds is 7. The zero-order chi connectivity index (χ0) is 19.1. The molecule has 144 valence electrons. The van der Waals surface area contributed by atoms with E-state index in [0.717, 1.165) is 30.2 Å². The third-order valence-corrected chi connectivity index (χ3v) is 4.94. The summed E-state index contributed by atoms with van der Waals surface area (Å²) in [5.74, 6) is 0.0261. The van der Waals surface area contributed by atoms with Crippen molar-refractivity contribution < 1.29 is 4.79 Å². The summed E-state index contributed by atoms with van der Waals surface area (Å²) in [6.45, 7) is 2.87. The van der Waals surface area contributed by atoms with E-state index in [1.807, 2.05) is 38.4 Å². The zero-order valence-corrected chi connectivity index (χ0v) is 16.4. The number of hydrogen-bond acceptors (Lipinski definition) is 4. The number of benzene rings is 2. The number of hydrogen-bond donors (Lipinski definition) is 2. The molecule has 3 rings (SSSR count). The van der Waals surface area contributed by atoms with E-state index in [1.54, 1.807) is 0 Å². The van der Waals surface area contributed by atoms with Crippen molar-refractivity contribution in [1.29, 1.82) is 0 Å². The molecule has 2 aromatic rings. The lowest BCUT2D eigenvalue weighted by atomic mass is 10.1. The Hall–Kier alpha value is -2.69. The second kappa shape index (κ2) is 9.31. The first-order valence-corrected chi connectivity index (χ1v) is 9.78. The molecule has 1 heterocycles. The maximum absolute atomic E-state index is 12.2. The van der Waals surface area contributed by atoms with Crippen LogP contribution < -0.4 is 20.4 Å². The van der Waals surface area contributed by atoms with Crippen molar-refractivity contribution in [3.63, 3.8) is 0 Å². The third-order valence-electron chi connectivity index (χ3n) is 4.94. The summed E-state index contributed by atoms with van der Waals surface area (Å²) in [6.07, 6.45) is 4.30. The molecule has 0 atom stereocenters. The van der Waals surface area contributed by atoms with Gasteiger partial charge in [-0.1, -0.05) is 0 Å². The molecule has 1 amide bonds. The van der Waals surface area contributed by atoms with E-state index in [9.17, 15) is 4.79 Å². The Morgan fingerprint density at radius 2 is 1.56 bits per heavy atom. The Morgan fingerprint density at radius 3 is 2.19 bits per heavy atom. The number of carbonyl (C=O) groups is 1. The van der Waals surface area contributed by atoms with Crippen molar-refractivity contribution in [3.8, 4) is 0 Å². The van der Waals surface area contributed by atoms with Gasteiger partial charge in [0.1, 0.15) is 0 Å². The van der Waals surface area contributed by atoms with Gasteiger partial charge in [0.2, 0.25) is 5.91 Å². The van der Waals surface area contributed by atoms with Crippen LogP contribution in [0.5, 0.6) is 0 Å². The van der Waals surface area contributed by atoms with Crippen molar-refractivity contribution in [3.05, 3.63) is 48.5 Å². The van der Waals surface area contributed by atoms with Gasteiger partial charge in [-0.05, 0) is 67.8 Å². The minimum atomic E-state index is 0.0261. The van der Waals surface area contributed by atoms with E-state index in [-0.39, 0.29) is 5.91 Å². The molecular weight excluding hydrogens is 336 g/mol. The Kier molecular flexibility index (Phi) is 6.58. The average molecular weight is 367 g/mol. The Balaban J connectivity index is 1.42. The first-order chi connectivity index (χ1) is 13.1. The molecule has 0 aromatic heterocycles. The normalized spacial score (nSPS) is 13.9. The largest absolute Gasteiger partial charge is 0.385 e. The van der Waals surface area contributed by atoms with Crippen LogP contribution in [0.25, 0.3) is 0 Å². The molecule has 1 saturated heterocycles. The van der Waals surface area contributed by atoms with Crippen LogP contribution in [-0.2, 0) is 4.79 Å². The quantitative estimate of drug-likeness (QED) is 0.772. The second-order valence-corrected chi connectivity index (χ2v) is 7.26. The fourth-order valence-corrected chi connectivity index (χ4v) is 3.33. The standard InChI is InChI=1S/C22H30N4O/c1-25(2)20-10-6-18(7-11-20)23-15-14-22(27)24-19-8-12-21(13-9-19)26-16-4-3-5-17-26/h6-13,23H,3-5,14-17H2,1-2H3,(H,24,27). The minimum Gasteiger partial charge on any atom is -0.385 e. The van der Waals surface area contributed by atoms with Gasteiger partial charge < -0.3 is 20.4 Å². The second-order valence-electron chi connectivity index (χ2n) is 7.26. The number of nitrogens with zero attached hydrogens (tertiary/aromatic N) is 2. The summed E-state index contributed by atoms with van der Waals surface area (Å²) in [5, 5.41) is 6.27. The van der Waals surface area contributed by atoms with Crippen LogP contribution in [0.15, 0.2) is 48.5 Å². The van der Waals surface area contributed by atoms with Crippen LogP contribution in [0.2, 0.25) is 0 Å². The van der Waals surface area contributed by atoms with Gasteiger partial charge in [-0.15, -0.1) is 0 Å². The Morgan fingerprint density at radius 1 is 0.926 bits per heavy atom. The van der Waals surface area contributed by atoms with Crippen molar-refractivity contribution in [1.82, 2.24) is 0 Å². The van der Waals surface area contributed by atoms with Crippen LogP contribution in [-0.4, -0.2) is 39.6 Å². The number of anilines is 4. The van der Waals surface area contributed by atoms with E-state index >= 15 is 0 Å². The SMILES string of the molecule is CN(C)c1ccc(NCCC(=O)Nc2ccc(N3CCCCC3)cc2)cc1. The van der Waals surface area contributed by atoms with E-state index in [0.29, 0.717) is 13.0 Å². The Labute approximate surface area is 162 Å². The molecule has 0 bridgehead atoms. The van der Waals surface area contributed by atoms with E-state index in [2.05, 4.69) is 44.7 Å². The van der Waals surface area contributed by atoms with E-state index in [1.165, 1.54) is 24.9 Å². The van der Waals surface area contributed by atoms with Crippen LogP contribution in [0.3, 0.4) is 0 Å². The first kappa shape index (κ1) is 19.1. The number of carbonyl (C=O) groups excluding carboxylic acids is 1. The monoisotopic (exact) mass is 366 g/mol. The Bertz CT molecular complexity index is 719. The number of amides is 1. The summed E-state index contributed by atoms with van der Waals surface area (Å²) < 4.78 is 0. The predicted molar refractivity (Wildman–Crippen MR) is 115 cm³/mol. The molecule has 0 unspecified atom stereocenters. The molecule has 5 nitrogen and oxygen atoms in total. The maximum Gasteiger partial charge on any atom is 0.226 e. The van der Waals surface area contributed by atoms with Gasteiger partial charge in [-0.2, -0.15) is 0 Å². The van der Waals surface area contributed by atoms with Gasteiger partial charge >= 0.3 is 0 Å². The fraction of sp³-hybridized carbons (Fsp3) is 0.409. The van der Waals surface area contributed by atoms with Crippen LogP contribution in [0.1, 0.15) is 25.7 Å². The number of nitrogens with one attached hydrogen (secondary N) is 2. The molecule has 1 fully saturated rings. The van der Waals surface area contributed by atoms with E-state index < -0.39 is 0 Å². The molecular formula is C22H30N4O. The first-order valence-electron chi connectivity index (χ1n) is 9.78. The van der Waals surface area contributed by atoms with Gasteiger partial charge in [0.15, 0.2) is 0 Å². The highest BCUT2D eigenvalue weighted by molar-refractivity contribution is 5.91. The smallest absolute Gasteiger partial charge is 0.226 e. The van der Waals surface area contributed by atoms with Crippen LogP contribution in [0.4, 0.5) is 22.7 Å². The molecule has 0 saturated carbocycles. The molecule has 2 aromatic carbocycles. The van der Waals surface area contributed by atoms with Crippen LogP contribution in [0, 0.1) is 0 Å². The molecule has 0 radical (unpaired) electrons. The minimum absolute atomic E-state index is 0.0261. The van der Waals surface area contributed by atoms with Crippen molar-refractivity contribution in [2.24, 2.45) is 0 Å². The maximum atomic E-state index is 12.2. The molecule has 1 aliphatic heterocycles. The lowest BCUT2D eigenvalue weighted by molar-refractivity contribution is -0.115.